The number of nitrogens with zero attached hydrogens (tertiary/aromatic N) is 1. The van der Waals surface area contributed by atoms with Gasteiger partial charge in [0.05, 0.1) is 7.11 Å². The van der Waals surface area contributed by atoms with Gasteiger partial charge in [0.2, 0.25) is 0 Å². The van der Waals surface area contributed by atoms with E-state index in [4.69, 9.17) is 4.74 Å². The Balaban J connectivity index is 0.000000481. The number of alkyl halides is 3. The van der Waals surface area contributed by atoms with Gasteiger partial charge in [0, 0.05) is 24.6 Å². The lowest BCUT2D eigenvalue weighted by Gasteiger charge is -2.32. The fraction of sp³-hybridized carbons (Fsp3) is 0.458. The van der Waals surface area contributed by atoms with E-state index in [9.17, 15) is 18.0 Å². The summed E-state index contributed by atoms with van der Waals surface area (Å²) in [6.07, 6.45) is 12.9. The molecule has 30 heavy (non-hydrogen) atoms. The minimum Gasteiger partial charge on any atom is -0.497 e. The molecule has 0 bridgehead atoms. The molecule has 1 saturated heterocycles. The van der Waals surface area contributed by atoms with Crippen molar-refractivity contribution in [2.24, 2.45) is 11.8 Å². The highest BCUT2D eigenvalue weighted by molar-refractivity contribution is 6.01. The molecule has 2 aromatic carbocycles. The number of Topliss-reactive ketones (excluding diaryl/α,β-unsaturated/α-hetero) is 1. The van der Waals surface area contributed by atoms with Crippen molar-refractivity contribution in [1.29, 1.82) is 0 Å². The maximum absolute atomic E-state index is 13.0. The summed E-state index contributed by atoms with van der Waals surface area (Å²) in [6.45, 7) is -0.366. The van der Waals surface area contributed by atoms with Crippen LogP contribution >= 0.6 is 0 Å². The zero-order valence-electron chi connectivity index (χ0n) is 17.2. The number of halogens is 3. The number of piperidine rings is 1. The normalized spacial score (nSPS) is 18.7. The Hall–Kier alpha value is -2.52. The van der Waals surface area contributed by atoms with Crippen LogP contribution in [0.4, 0.5) is 13.2 Å². The Morgan fingerprint density at radius 2 is 1.73 bits per heavy atom. The summed E-state index contributed by atoms with van der Waals surface area (Å²) in [5.74, 6) is 2.22. The molecule has 2 aromatic rings. The number of ether oxygens (including phenoxy) is 1. The number of benzene rings is 2. The highest BCUT2D eigenvalue weighted by Gasteiger charge is 2.30. The molecule has 4 rings (SSSR count). The minimum atomic E-state index is -3.67. The van der Waals surface area contributed by atoms with Crippen LogP contribution in [0.1, 0.15) is 36.0 Å². The van der Waals surface area contributed by atoms with Crippen molar-refractivity contribution < 1.29 is 22.7 Å². The van der Waals surface area contributed by atoms with Crippen LogP contribution in [0.2, 0.25) is 0 Å². The highest BCUT2D eigenvalue weighted by atomic mass is 19.4. The monoisotopic (exact) mass is 419 g/mol. The van der Waals surface area contributed by atoms with E-state index in [2.05, 4.69) is 17.7 Å². The van der Waals surface area contributed by atoms with Gasteiger partial charge in [-0.3, -0.25) is 4.79 Å². The molecule has 6 heteroatoms. The molecule has 0 radical (unpaired) electrons. The van der Waals surface area contributed by atoms with Gasteiger partial charge in [-0.1, -0.05) is 18.2 Å². The van der Waals surface area contributed by atoms with E-state index >= 15 is 0 Å². The largest absolute Gasteiger partial charge is 0.497 e. The van der Waals surface area contributed by atoms with Crippen molar-refractivity contribution >= 4 is 16.6 Å². The maximum Gasteiger partial charge on any atom is 0.379 e. The van der Waals surface area contributed by atoms with Crippen LogP contribution < -0.4 is 4.74 Å². The summed E-state index contributed by atoms with van der Waals surface area (Å²) in [5, 5.41) is 2.22. The van der Waals surface area contributed by atoms with Crippen LogP contribution in [-0.2, 0) is 0 Å². The van der Waals surface area contributed by atoms with Gasteiger partial charge in [0.1, 0.15) is 5.75 Å². The van der Waals surface area contributed by atoms with Crippen LogP contribution in [-0.4, -0.2) is 44.1 Å². The second-order valence-electron chi connectivity index (χ2n) is 7.58. The number of rotatable bonds is 5. The number of ketones is 1. The molecule has 2 aliphatic rings. The summed E-state index contributed by atoms with van der Waals surface area (Å²) in [4.78, 5) is 15.5. The summed E-state index contributed by atoms with van der Waals surface area (Å²) in [5.41, 5.74) is 0.853. The Kier molecular flexibility index (Phi) is 9.19. The molecule has 2 fully saturated rings. The highest BCUT2D eigenvalue weighted by Crippen LogP contribution is 2.32. The first-order valence-corrected chi connectivity index (χ1v) is 10.1. The van der Waals surface area contributed by atoms with Crippen molar-refractivity contribution in [2.75, 3.05) is 26.7 Å². The van der Waals surface area contributed by atoms with Crippen LogP contribution in [0, 0.1) is 24.7 Å². The number of carbonyl (C=O) groups is 1. The number of likely N-dealkylation sites (tertiary alicyclic amines) is 1. The van der Waals surface area contributed by atoms with Crippen LogP contribution in [0.25, 0.3) is 10.8 Å². The fourth-order valence-corrected chi connectivity index (χ4v) is 3.84. The molecular weight excluding hydrogens is 391 g/mol. The first-order chi connectivity index (χ1) is 14.5. The molecule has 0 aromatic heterocycles. The Morgan fingerprint density at radius 1 is 1.10 bits per heavy atom. The molecule has 0 amide bonds. The van der Waals surface area contributed by atoms with Gasteiger partial charge < -0.3 is 9.64 Å². The molecule has 1 aliphatic carbocycles. The zero-order chi connectivity index (χ0) is 22.1. The molecule has 1 heterocycles. The first kappa shape index (κ1) is 23.8. The molecule has 0 unspecified atom stereocenters. The molecule has 0 spiro atoms. The number of hydrogen-bond donors (Lipinski definition) is 0. The summed E-state index contributed by atoms with van der Waals surface area (Å²) >= 11 is 0. The van der Waals surface area contributed by atoms with Gasteiger partial charge in [-0.2, -0.15) is 13.2 Å². The number of hydrogen-bond acceptors (Lipinski definition) is 3. The quantitative estimate of drug-likeness (QED) is 0.468. The summed E-state index contributed by atoms with van der Waals surface area (Å²) < 4.78 is 34.3. The summed E-state index contributed by atoms with van der Waals surface area (Å²) in [6, 6.07) is 12.1. The number of fused-ring (bicyclic) bond motifs is 1. The Labute approximate surface area is 176 Å². The Morgan fingerprint density at radius 3 is 2.37 bits per heavy atom. The molecule has 162 valence electrons. The average molecular weight is 419 g/mol. The topological polar surface area (TPSA) is 29.5 Å². The lowest BCUT2D eigenvalue weighted by atomic mass is 9.89. The lowest BCUT2D eigenvalue weighted by molar-refractivity contribution is 0.00818. The third-order valence-corrected chi connectivity index (χ3v) is 5.42. The van der Waals surface area contributed by atoms with Crippen molar-refractivity contribution in [3.05, 3.63) is 42.0 Å². The second kappa shape index (κ2) is 11.6. The van der Waals surface area contributed by atoms with Crippen molar-refractivity contribution in [3.8, 4) is 18.6 Å². The zero-order valence-corrected chi connectivity index (χ0v) is 17.2. The molecule has 1 saturated carbocycles. The smallest absolute Gasteiger partial charge is 0.379 e. The number of carbonyl (C=O) groups excluding carboxylic acids is 1. The van der Waals surface area contributed by atoms with Crippen molar-refractivity contribution in [3.63, 3.8) is 0 Å². The van der Waals surface area contributed by atoms with Crippen molar-refractivity contribution in [2.45, 2.75) is 32.4 Å². The molecule has 1 aliphatic heterocycles. The predicted molar refractivity (Wildman–Crippen MR) is 114 cm³/mol. The van der Waals surface area contributed by atoms with E-state index < -0.39 is 6.68 Å². The average Bonchev–Trinajstić information content (AvgIpc) is 3.57. The minimum absolute atomic E-state index is 0.160. The molecule has 3 nitrogen and oxygen atoms in total. The first-order valence-electron chi connectivity index (χ1n) is 10.1. The van der Waals surface area contributed by atoms with Crippen LogP contribution in [0.5, 0.6) is 5.75 Å². The van der Waals surface area contributed by atoms with Crippen molar-refractivity contribution in [1.82, 2.24) is 4.90 Å². The lowest BCUT2D eigenvalue weighted by Crippen LogP contribution is -2.39. The third kappa shape index (κ3) is 7.07. The van der Waals surface area contributed by atoms with E-state index in [1.807, 2.05) is 36.4 Å². The van der Waals surface area contributed by atoms with Crippen LogP contribution in [0.3, 0.4) is 0 Å². The fourth-order valence-electron chi connectivity index (χ4n) is 3.84. The van der Waals surface area contributed by atoms with Gasteiger partial charge in [0.15, 0.2) is 5.78 Å². The molecule has 0 N–H and O–H groups in total. The van der Waals surface area contributed by atoms with Crippen LogP contribution in [0.15, 0.2) is 36.4 Å². The van der Waals surface area contributed by atoms with Gasteiger partial charge in [0.25, 0.3) is 0 Å². The molecular formula is C24H28F3NO2. The van der Waals surface area contributed by atoms with Gasteiger partial charge in [-0.15, -0.1) is 12.8 Å². The van der Waals surface area contributed by atoms with E-state index in [0.717, 1.165) is 53.9 Å². The van der Waals surface area contributed by atoms with Gasteiger partial charge in [-0.25, -0.2) is 0 Å². The maximum atomic E-state index is 13.0. The molecule has 1 atom stereocenters. The van der Waals surface area contributed by atoms with Gasteiger partial charge >= 0.3 is 6.68 Å². The standard InChI is InChI=1S/C21H25NO2.C2H2.CHF3/c1-24-20-9-8-16-11-18(7-6-17(16)12-20)21(23)19-3-2-10-22(14-19)13-15-4-5-15;1-2;2-1(3)4/h6-9,11-12,15,19H,2-5,10,13-14H2,1H3;1-2H;1H/t19-;;/m0../s1. The Bertz CT molecular complexity index is 846. The SMILES string of the molecule is C#C.COc1ccc2cc(C(=O)[C@H]3CCCN(CC4CC4)C3)ccc2c1.FC(F)F. The second-order valence-corrected chi connectivity index (χ2v) is 7.58. The summed E-state index contributed by atoms with van der Waals surface area (Å²) in [7, 11) is 1.68. The van der Waals surface area contributed by atoms with E-state index in [0.29, 0.717) is 5.78 Å². The van der Waals surface area contributed by atoms with E-state index in [1.54, 1.807) is 7.11 Å². The van der Waals surface area contributed by atoms with Gasteiger partial charge in [-0.05, 0) is 67.1 Å². The van der Waals surface area contributed by atoms with E-state index in [-0.39, 0.29) is 5.92 Å². The predicted octanol–water partition coefficient (Wildman–Crippen LogP) is 5.58. The van der Waals surface area contributed by atoms with E-state index in [1.165, 1.54) is 19.4 Å². The number of methoxy groups -OCH3 is 1. The number of terminal acetylenes is 1. The third-order valence-electron chi connectivity index (χ3n) is 5.42.